The first-order valence-electron chi connectivity index (χ1n) is 7.11. The molecule has 0 amide bonds. The lowest BCUT2D eigenvalue weighted by Gasteiger charge is -2.29. The van der Waals surface area contributed by atoms with Gasteiger partial charge in [-0.2, -0.15) is 0 Å². The van der Waals surface area contributed by atoms with Gasteiger partial charge in [-0.15, -0.1) is 0 Å². The van der Waals surface area contributed by atoms with Crippen LogP contribution in [0.4, 0.5) is 0 Å². The molecule has 18 heavy (non-hydrogen) atoms. The van der Waals surface area contributed by atoms with E-state index >= 15 is 0 Å². The van der Waals surface area contributed by atoms with E-state index in [2.05, 4.69) is 45.3 Å². The van der Waals surface area contributed by atoms with Gasteiger partial charge in [0.05, 0.1) is 0 Å². The molecule has 2 atom stereocenters. The summed E-state index contributed by atoms with van der Waals surface area (Å²) in [5.41, 5.74) is 1.24. The molecule has 1 aromatic heterocycles. The number of nitrogens with zero attached hydrogens (tertiary/aromatic N) is 1. The van der Waals surface area contributed by atoms with Crippen molar-refractivity contribution >= 4 is 15.9 Å². The summed E-state index contributed by atoms with van der Waals surface area (Å²) in [6.45, 7) is 3.40. The molecule has 0 radical (unpaired) electrons. The molecule has 1 aliphatic rings. The standard InChI is InChI=1S/C15H23BrN2/c1-2-8-17-14-5-3-4-12(9-14)10-15-7-6-13(16)11-18-15/h6-7,11-12,14,17H,2-5,8-10H2,1H3. The van der Waals surface area contributed by atoms with Crippen LogP contribution in [0.1, 0.15) is 44.7 Å². The van der Waals surface area contributed by atoms with E-state index < -0.39 is 0 Å². The third-order valence-corrected chi connectivity index (χ3v) is 4.22. The maximum atomic E-state index is 4.49. The van der Waals surface area contributed by atoms with Crippen molar-refractivity contribution < 1.29 is 0 Å². The fourth-order valence-electron chi connectivity index (χ4n) is 2.83. The van der Waals surface area contributed by atoms with Gasteiger partial charge in [0, 0.05) is 22.4 Å². The van der Waals surface area contributed by atoms with Crippen molar-refractivity contribution in [3.8, 4) is 0 Å². The van der Waals surface area contributed by atoms with Gasteiger partial charge in [-0.3, -0.25) is 4.98 Å². The van der Waals surface area contributed by atoms with E-state index in [1.165, 1.54) is 37.8 Å². The third-order valence-electron chi connectivity index (χ3n) is 3.75. The molecule has 0 saturated heterocycles. The Morgan fingerprint density at radius 1 is 1.39 bits per heavy atom. The van der Waals surface area contributed by atoms with Crippen LogP contribution in [0.2, 0.25) is 0 Å². The highest BCUT2D eigenvalue weighted by molar-refractivity contribution is 9.10. The molecule has 0 aromatic carbocycles. The maximum Gasteiger partial charge on any atom is 0.0413 e. The molecule has 2 unspecified atom stereocenters. The minimum absolute atomic E-state index is 0.735. The quantitative estimate of drug-likeness (QED) is 0.891. The lowest BCUT2D eigenvalue weighted by Crippen LogP contribution is -2.35. The van der Waals surface area contributed by atoms with Crippen LogP contribution in [0.3, 0.4) is 0 Å². The largest absolute Gasteiger partial charge is 0.314 e. The Balaban J connectivity index is 1.83. The Hall–Kier alpha value is -0.410. The molecule has 1 fully saturated rings. The highest BCUT2D eigenvalue weighted by atomic mass is 79.9. The predicted molar refractivity (Wildman–Crippen MR) is 79.7 cm³/mol. The summed E-state index contributed by atoms with van der Waals surface area (Å²) in [4.78, 5) is 4.49. The average molecular weight is 311 g/mol. The van der Waals surface area contributed by atoms with Crippen LogP contribution in [0, 0.1) is 5.92 Å². The van der Waals surface area contributed by atoms with E-state index in [-0.39, 0.29) is 0 Å². The van der Waals surface area contributed by atoms with Crippen molar-refractivity contribution in [2.75, 3.05) is 6.54 Å². The zero-order valence-corrected chi connectivity index (χ0v) is 12.7. The first kappa shape index (κ1) is 14.0. The number of halogens is 1. The Labute approximate surface area is 119 Å². The molecule has 0 bridgehead atoms. The molecule has 0 spiro atoms. The lowest BCUT2D eigenvalue weighted by molar-refractivity contribution is 0.283. The molecule has 3 heteroatoms. The first-order valence-corrected chi connectivity index (χ1v) is 7.91. The van der Waals surface area contributed by atoms with Gasteiger partial charge in [0.25, 0.3) is 0 Å². The second-order valence-corrected chi connectivity index (χ2v) is 6.27. The number of hydrogen-bond acceptors (Lipinski definition) is 2. The molecular weight excluding hydrogens is 288 g/mol. The first-order chi connectivity index (χ1) is 8.78. The summed E-state index contributed by atoms with van der Waals surface area (Å²) >= 11 is 3.44. The molecule has 0 aliphatic heterocycles. The van der Waals surface area contributed by atoms with E-state index in [4.69, 9.17) is 0 Å². The van der Waals surface area contributed by atoms with Crippen molar-refractivity contribution in [1.29, 1.82) is 0 Å². The van der Waals surface area contributed by atoms with E-state index in [0.717, 1.165) is 29.4 Å². The van der Waals surface area contributed by atoms with Gasteiger partial charge in [-0.1, -0.05) is 13.3 Å². The number of rotatable bonds is 5. The molecule has 2 nitrogen and oxygen atoms in total. The molecule has 100 valence electrons. The molecular formula is C15H23BrN2. The Kier molecular flexibility index (Phi) is 5.64. The normalized spacial score (nSPS) is 24.1. The third kappa shape index (κ3) is 4.36. The van der Waals surface area contributed by atoms with Crippen LogP contribution in [0.5, 0.6) is 0 Å². The van der Waals surface area contributed by atoms with Gasteiger partial charge >= 0.3 is 0 Å². The molecule has 1 aromatic rings. The van der Waals surface area contributed by atoms with Crippen LogP contribution < -0.4 is 5.32 Å². The van der Waals surface area contributed by atoms with E-state index in [1.807, 2.05) is 6.20 Å². The van der Waals surface area contributed by atoms with Crippen molar-refractivity contribution in [3.63, 3.8) is 0 Å². The second kappa shape index (κ2) is 7.25. The molecule has 1 N–H and O–H groups in total. The predicted octanol–water partition coefficient (Wildman–Crippen LogP) is 3.95. The van der Waals surface area contributed by atoms with Crippen molar-refractivity contribution in [1.82, 2.24) is 10.3 Å². The van der Waals surface area contributed by atoms with Crippen molar-refractivity contribution in [2.24, 2.45) is 5.92 Å². The summed E-state index contributed by atoms with van der Waals surface area (Å²) < 4.78 is 1.07. The molecule has 1 heterocycles. The van der Waals surface area contributed by atoms with Gasteiger partial charge in [-0.05, 0) is 72.6 Å². The van der Waals surface area contributed by atoms with E-state index in [0.29, 0.717) is 0 Å². The topological polar surface area (TPSA) is 24.9 Å². The van der Waals surface area contributed by atoms with Crippen LogP contribution in [0.15, 0.2) is 22.8 Å². The number of nitrogens with one attached hydrogen (secondary N) is 1. The van der Waals surface area contributed by atoms with Crippen LogP contribution >= 0.6 is 15.9 Å². The Bertz CT molecular complexity index is 350. The zero-order chi connectivity index (χ0) is 12.8. The van der Waals surface area contributed by atoms with Crippen LogP contribution in [-0.2, 0) is 6.42 Å². The van der Waals surface area contributed by atoms with E-state index in [1.54, 1.807) is 0 Å². The van der Waals surface area contributed by atoms with Gasteiger partial charge in [0.15, 0.2) is 0 Å². The van der Waals surface area contributed by atoms with Crippen molar-refractivity contribution in [2.45, 2.75) is 51.5 Å². The van der Waals surface area contributed by atoms with Gasteiger partial charge in [-0.25, -0.2) is 0 Å². The van der Waals surface area contributed by atoms with Crippen LogP contribution in [-0.4, -0.2) is 17.6 Å². The smallest absolute Gasteiger partial charge is 0.0413 e. The Morgan fingerprint density at radius 2 is 2.28 bits per heavy atom. The summed E-state index contributed by atoms with van der Waals surface area (Å²) in [5.74, 6) is 0.807. The minimum Gasteiger partial charge on any atom is -0.314 e. The SMILES string of the molecule is CCCNC1CCCC(Cc2ccc(Br)cn2)C1. The minimum atomic E-state index is 0.735. The highest BCUT2D eigenvalue weighted by Crippen LogP contribution is 2.27. The molecule has 2 rings (SSSR count). The Morgan fingerprint density at radius 3 is 3.00 bits per heavy atom. The summed E-state index contributed by atoms with van der Waals surface area (Å²) in [7, 11) is 0. The lowest BCUT2D eigenvalue weighted by atomic mass is 9.83. The van der Waals surface area contributed by atoms with Crippen LogP contribution in [0.25, 0.3) is 0 Å². The number of hydrogen-bond donors (Lipinski definition) is 1. The second-order valence-electron chi connectivity index (χ2n) is 5.36. The fourth-order valence-corrected chi connectivity index (χ4v) is 3.07. The molecule has 1 saturated carbocycles. The highest BCUT2D eigenvalue weighted by Gasteiger charge is 2.21. The number of pyridine rings is 1. The maximum absolute atomic E-state index is 4.49. The van der Waals surface area contributed by atoms with Gasteiger partial charge in [0.1, 0.15) is 0 Å². The summed E-state index contributed by atoms with van der Waals surface area (Å²) in [6, 6.07) is 4.98. The van der Waals surface area contributed by atoms with E-state index in [9.17, 15) is 0 Å². The average Bonchev–Trinajstić information content (AvgIpc) is 2.40. The summed E-state index contributed by atoms with van der Waals surface area (Å²) in [5, 5.41) is 3.67. The van der Waals surface area contributed by atoms with Gasteiger partial charge < -0.3 is 5.32 Å². The zero-order valence-electron chi connectivity index (χ0n) is 11.2. The summed E-state index contributed by atoms with van der Waals surface area (Å²) in [6.07, 6.45) is 9.67. The molecule has 1 aliphatic carbocycles. The monoisotopic (exact) mass is 310 g/mol. The van der Waals surface area contributed by atoms with Crippen molar-refractivity contribution in [3.05, 3.63) is 28.5 Å². The van der Waals surface area contributed by atoms with Gasteiger partial charge in [0.2, 0.25) is 0 Å². The fraction of sp³-hybridized carbons (Fsp3) is 0.667. The number of aromatic nitrogens is 1.